The molecule has 0 amide bonds. The predicted octanol–water partition coefficient (Wildman–Crippen LogP) is 1.01. The molecular formula is C12H18ClN5. The number of rotatable bonds is 4. The first-order valence-corrected chi connectivity index (χ1v) is 5.25. The largest absolute Gasteiger partial charge is 0.370 e. The third kappa shape index (κ3) is 6.55. The van der Waals surface area contributed by atoms with Crippen molar-refractivity contribution in [2.24, 2.45) is 21.5 Å². The molecular weight excluding hydrogens is 250 g/mol. The second-order valence-electron chi connectivity index (χ2n) is 3.33. The van der Waals surface area contributed by atoms with E-state index in [1.807, 2.05) is 30.3 Å². The summed E-state index contributed by atoms with van der Waals surface area (Å²) in [5.74, 6) is 0.391. The van der Waals surface area contributed by atoms with E-state index in [1.165, 1.54) is 0 Å². The Morgan fingerprint density at radius 1 is 1.28 bits per heavy atom. The Hall–Kier alpha value is -2.01. The van der Waals surface area contributed by atoms with Crippen molar-refractivity contribution in [3.8, 4) is 0 Å². The molecule has 0 aliphatic carbocycles. The number of aliphatic imine (C=N–C) groups is 2. The maximum atomic E-state index is 5.32. The number of halogens is 1. The third-order valence-corrected chi connectivity index (χ3v) is 1.89. The fourth-order valence-corrected chi connectivity index (χ4v) is 1.17. The van der Waals surface area contributed by atoms with Crippen molar-refractivity contribution in [1.82, 2.24) is 5.32 Å². The summed E-state index contributed by atoms with van der Waals surface area (Å²) in [5.41, 5.74) is 11.7. The molecule has 18 heavy (non-hydrogen) atoms. The van der Waals surface area contributed by atoms with Crippen LogP contribution in [-0.2, 0) is 6.54 Å². The number of guanidine groups is 2. The molecule has 0 heterocycles. The van der Waals surface area contributed by atoms with Gasteiger partial charge in [0.05, 0.1) is 6.54 Å². The lowest BCUT2D eigenvalue weighted by molar-refractivity contribution is 0.969. The van der Waals surface area contributed by atoms with Gasteiger partial charge in [0.25, 0.3) is 0 Å². The summed E-state index contributed by atoms with van der Waals surface area (Å²) in [4.78, 5) is 8.17. The molecule has 0 radical (unpaired) electrons. The van der Waals surface area contributed by atoms with Crippen molar-refractivity contribution in [1.29, 1.82) is 0 Å². The fraction of sp³-hybridized carbons (Fsp3) is 0.167. The molecule has 0 bridgehead atoms. The van der Waals surface area contributed by atoms with Crippen molar-refractivity contribution in [3.05, 3.63) is 48.6 Å². The minimum Gasteiger partial charge on any atom is -0.370 e. The first-order valence-electron chi connectivity index (χ1n) is 5.25. The van der Waals surface area contributed by atoms with Gasteiger partial charge in [0, 0.05) is 6.54 Å². The summed E-state index contributed by atoms with van der Waals surface area (Å²) < 4.78 is 0. The molecule has 0 atom stereocenters. The molecule has 0 saturated heterocycles. The fourth-order valence-electron chi connectivity index (χ4n) is 1.17. The molecule has 6 heteroatoms. The van der Waals surface area contributed by atoms with E-state index in [0.717, 1.165) is 5.56 Å². The van der Waals surface area contributed by atoms with Crippen molar-refractivity contribution in [2.75, 3.05) is 6.54 Å². The Labute approximate surface area is 113 Å². The van der Waals surface area contributed by atoms with Crippen LogP contribution in [0.2, 0.25) is 0 Å². The lowest BCUT2D eigenvalue weighted by Gasteiger charge is -2.03. The number of nitrogens with zero attached hydrogens (tertiary/aromatic N) is 2. The average molecular weight is 268 g/mol. The van der Waals surface area contributed by atoms with Crippen molar-refractivity contribution in [3.63, 3.8) is 0 Å². The summed E-state index contributed by atoms with van der Waals surface area (Å²) in [6.07, 6.45) is 1.71. The summed E-state index contributed by atoms with van der Waals surface area (Å²) in [7, 11) is 0. The summed E-state index contributed by atoms with van der Waals surface area (Å²) >= 11 is 0. The Morgan fingerprint density at radius 2 is 1.94 bits per heavy atom. The van der Waals surface area contributed by atoms with Crippen LogP contribution < -0.4 is 16.8 Å². The van der Waals surface area contributed by atoms with Crippen molar-refractivity contribution in [2.45, 2.75) is 6.54 Å². The van der Waals surface area contributed by atoms with E-state index in [-0.39, 0.29) is 18.4 Å². The molecule has 1 rings (SSSR count). The number of hydrogen-bond donors (Lipinski definition) is 3. The van der Waals surface area contributed by atoms with E-state index in [2.05, 4.69) is 21.9 Å². The first-order chi connectivity index (χ1) is 8.22. The maximum Gasteiger partial charge on any atom is 0.221 e. The monoisotopic (exact) mass is 267 g/mol. The number of nitrogens with two attached hydrogens (primary N) is 2. The molecule has 0 spiro atoms. The van der Waals surface area contributed by atoms with Crippen LogP contribution in [0.4, 0.5) is 0 Å². The van der Waals surface area contributed by atoms with Crippen LogP contribution in [0, 0.1) is 0 Å². The standard InChI is InChI=1S/C12H17N5.ClH/c1-2-8-15-12(17-11(13)14)16-9-10-6-4-3-5-7-10;/h2-7H,1,8-9H2,(H5,13,14,15,16,17);1H. The molecule has 98 valence electrons. The quantitative estimate of drug-likeness (QED) is 0.432. The highest BCUT2D eigenvalue weighted by Crippen LogP contribution is 2.00. The average Bonchev–Trinajstić information content (AvgIpc) is 2.33. The molecule has 0 fully saturated rings. The van der Waals surface area contributed by atoms with Crippen molar-refractivity contribution < 1.29 is 0 Å². The van der Waals surface area contributed by atoms with E-state index in [1.54, 1.807) is 6.08 Å². The zero-order chi connectivity index (χ0) is 12.5. The molecule has 1 aromatic rings. The molecule has 0 saturated carbocycles. The molecule has 0 aliphatic heterocycles. The molecule has 1 aromatic carbocycles. The molecule has 5 N–H and O–H groups in total. The lowest BCUT2D eigenvalue weighted by Crippen LogP contribution is -2.29. The zero-order valence-corrected chi connectivity index (χ0v) is 10.9. The highest BCUT2D eigenvalue weighted by atomic mass is 35.5. The van der Waals surface area contributed by atoms with Gasteiger partial charge in [-0.2, -0.15) is 4.99 Å². The summed E-state index contributed by atoms with van der Waals surface area (Å²) in [5, 5.41) is 2.96. The minimum absolute atomic E-state index is 0. The third-order valence-electron chi connectivity index (χ3n) is 1.89. The maximum absolute atomic E-state index is 5.32. The summed E-state index contributed by atoms with van der Waals surface area (Å²) in [6, 6.07) is 9.86. The van der Waals surface area contributed by atoms with Gasteiger partial charge in [0.15, 0.2) is 5.96 Å². The van der Waals surface area contributed by atoms with E-state index < -0.39 is 0 Å². The van der Waals surface area contributed by atoms with E-state index in [0.29, 0.717) is 19.0 Å². The van der Waals surface area contributed by atoms with E-state index >= 15 is 0 Å². The van der Waals surface area contributed by atoms with Crippen LogP contribution in [0.25, 0.3) is 0 Å². The molecule has 0 unspecified atom stereocenters. The smallest absolute Gasteiger partial charge is 0.221 e. The van der Waals surface area contributed by atoms with Crippen LogP contribution in [0.3, 0.4) is 0 Å². The Kier molecular flexibility index (Phi) is 8.05. The predicted molar refractivity (Wildman–Crippen MR) is 78.8 cm³/mol. The first kappa shape index (κ1) is 16.0. The van der Waals surface area contributed by atoms with Gasteiger partial charge in [0.1, 0.15) is 0 Å². The van der Waals surface area contributed by atoms with Gasteiger partial charge in [-0.3, -0.25) is 0 Å². The van der Waals surface area contributed by atoms with Gasteiger partial charge < -0.3 is 16.8 Å². The topological polar surface area (TPSA) is 88.8 Å². The van der Waals surface area contributed by atoms with Gasteiger partial charge in [-0.25, -0.2) is 4.99 Å². The second kappa shape index (κ2) is 9.07. The number of benzene rings is 1. The lowest BCUT2D eigenvalue weighted by atomic mass is 10.2. The SMILES string of the molecule is C=CCNC(N=C(N)N)=NCc1ccccc1.Cl. The van der Waals surface area contributed by atoms with Crippen LogP contribution >= 0.6 is 12.4 Å². The molecule has 0 aromatic heterocycles. The van der Waals surface area contributed by atoms with Gasteiger partial charge in [0.2, 0.25) is 5.96 Å². The molecule has 5 nitrogen and oxygen atoms in total. The van der Waals surface area contributed by atoms with Gasteiger partial charge in [-0.05, 0) is 5.56 Å². The summed E-state index contributed by atoms with van der Waals surface area (Å²) in [6.45, 7) is 4.69. The van der Waals surface area contributed by atoms with Gasteiger partial charge in [-0.1, -0.05) is 36.4 Å². The zero-order valence-electron chi connectivity index (χ0n) is 10.0. The minimum atomic E-state index is -0.0200. The number of nitrogens with one attached hydrogen (secondary N) is 1. The number of hydrogen-bond acceptors (Lipinski definition) is 1. The van der Waals surface area contributed by atoms with E-state index in [4.69, 9.17) is 11.5 Å². The van der Waals surface area contributed by atoms with Crippen LogP contribution in [0.15, 0.2) is 53.0 Å². The van der Waals surface area contributed by atoms with Crippen molar-refractivity contribution >= 4 is 24.3 Å². The van der Waals surface area contributed by atoms with Crippen LogP contribution in [0.5, 0.6) is 0 Å². The molecule has 0 aliphatic rings. The van der Waals surface area contributed by atoms with Crippen LogP contribution in [-0.4, -0.2) is 18.5 Å². The van der Waals surface area contributed by atoms with Crippen LogP contribution in [0.1, 0.15) is 5.56 Å². The van der Waals surface area contributed by atoms with Gasteiger partial charge in [-0.15, -0.1) is 19.0 Å². The Bertz CT molecular complexity index is 410. The highest BCUT2D eigenvalue weighted by molar-refractivity contribution is 5.93. The second-order valence-corrected chi connectivity index (χ2v) is 3.33. The Morgan fingerprint density at radius 3 is 2.50 bits per heavy atom. The van der Waals surface area contributed by atoms with E-state index in [9.17, 15) is 0 Å². The normalized spacial score (nSPS) is 10.1. The van der Waals surface area contributed by atoms with Gasteiger partial charge >= 0.3 is 0 Å². The Balaban J connectivity index is 0.00000289. The highest BCUT2D eigenvalue weighted by Gasteiger charge is 1.95.